The summed E-state index contributed by atoms with van der Waals surface area (Å²) in [6.45, 7) is 4.35. The van der Waals surface area contributed by atoms with Crippen molar-refractivity contribution >= 4 is 18.0 Å². The molecule has 1 fully saturated rings. The van der Waals surface area contributed by atoms with E-state index in [-0.39, 0.29) is 0 Å². The van der Waals surface area contributed by atoms with E-state index in [0.717, 1.165) is 44.0 Å². The molecule has 0 unspecified atom stereocenters. The van der Waals surface area contributed by atoms with Crippen molar-refractivity contribution in [3.8, 4) is 11.8 Å². The van der Waals surface area contributed by atoms with Crippen molar-refractivity contribution in [2.24, 2.45) is 0 Å². The molecule has 3 aromatic rings. The summed E-state index contributed by atoms with van der Waals surface area (Å²) in [6.07, 6.45) is 3.65. The highest BCUT2D eigenvalue weighted by molar-refractivity contribution is 5.70. The maximum Gasteiger partial charge on any atom is 0.235 e. The van der Waals surface area contributed by atoms with Crippen LogP contribution in [0.5, 0.6) is 5.75 Å². The largest absolute Gasteiger partial charge is 0.496 e. The Morgan fingerprint density at radius 2 is 1.77 bits per heavy atom. The summed E-state index contributed by atoms with van der Waals surface area (Å²) in [5.41, 5.74) is 2.56. The fourth-order valence-corrected chi connectivity index (χ4v) is 3.60. The zero-order chi connectivity index (χ0) is 20.8. The molecule has 0 radical (unpaired) electrons. The third-order valence-corrected chi connectivity index (χ3v) is 5.18. The van der Waals surface area contributed by atoms with Crippen molar-refractivity contribution in [1.82, 2.24) is 9.88 Å². The Kier molecular flexibility index (Phi) is 6.11. The number of anilines is 1. The molecular formula is C24H24N4O2. The molecule has 1 saturated heterocycles. The van der Waals surface area contributed by atoms with Crippen LogP contribution < -0.4 is 9.64 Å². The van der Waals surface area contributed by atoms with Crippen LogP contribution in [-0.4, -0.2) is 43.2 Å². The molecular weight excluding hydrogens is 376 g/mol. The van der Waals surface area contributed by atoms with Crippen LogP contribution in [0.4, 0.5) is 5.88 Å². The fourth-order valence-electron chi connectivity index (χ4n) is 3.60. The molecule has 0 atom stereocenters. The van der Waals surface area contributed by atoms with Crippen LogP contribution in [0, 0.1) is 11.3 Å². The number of para-hydroxylation sites is 1. The van der Waals surface area contributed by atoms with Crippen LogP contribution in [0.1, 0.15) is 22.7 Å². The Morgan fingerprint density at radius 3 is 2.50 bits per heavy atom. The van der Waals surface area contributed by atoms with Gasteiger partial charge in [0, 0.05) is 44.4 Å². The molecule has 1 aromatic heterocycles. The molecule has 0 bridgehead atoms. The monoisotopic (exact) mass is 400 g/mol. The van der Waals surface area contributed by atoms with Gasteiger partial charge >= 0.3 is 0 Å². The minimum Gasteiger partial charge on any atom is -0.496 e. The average molecular weight is 400 g/mol. The van der Waals surface area contributed by atoms with Crippen molar-refractivity contribution in [3.05, 3.63) is 77.3 Å². The first-order valence-corrected chi connectivity index (χ1v) is 10.00. The van der Waals surface area contributed by atoms with E-state index in [1.807, 2.05) is 36.4 Å². The maximum atomic E-state index is 9.52. The van der Waals surface area contributed by atoms with Crippen LogP contribution in [0.25, 0.3) is 12.2 Å². The Bertz CT molecular complexity index is 1040. The molecule has 6 heteroatoms. The first kappa shape index (κ1) is 19.7. The van der Waals surface area contributed by atoms with E-state index in [1.54, 1.807) is 13.2 Å². The van der Waals surface area contributed by atoms with Gasteiger partial charge in [-0.25, -0.2) is 0 Å². The van der Waals surface area contributed by atoms with Gasteiger partial charge in [-0.1, -0.05) is 48.5 Å². The predicted molar refractivity (Wildman–Crippen MR) is 117 cm³/mol. The first-order valence-electron chi connectivity index (χ1n) is 10.00. The SMILES string of the molecule is COc1ccccc1/C=C/c1nc(C#N)c(N2CCN(Cc3ccccc3)CC2)o1. The number of benzene rings is 2. The number of methoxy groups -OCH3 is 1. The zero-order valence-corrected chi connectivity index (χ0v) is 17.0. The van der Waals surface area contributed by atoms with Crippen LogP contribution in [0.15, 0.2) is 59.0 Å². The van der Waals surface area contributed by atoms with Gasteiger partial charge in [-0.05, 0) is 17.7 Å². The molecule has 6 nitrogen and oxygen atoms in total. The van der Waals surface area contributed by atoms with Crippen molar-refractivity contribution < 1.29 is 9.15 Å². The molecule has 0 aliphatic carbocycles. The number of rotatable bonds is 6. The molecule has 1 aliphatic heterocycles. The average Bonchev–Trinajstić information content (AvgIpc) is 3.22. The number of hydrogen-bond donors (Lipinski definition) is 0. The highest BCUT2D eigenvalue weighted by Crippen LogP contribution is 2.25. The molecule has 30 heavy (non-hydrogen) atoms. The second kappa shape index (κ2) is 9.29. The quantitative estimate of drug-likeness (QED) is 0.622. The molecule has 152 valence electrons. The van der Waals surface area contributed by atoms with Gasteiger partial charge in [-0.3, -0.25) is 4.90 Å². The Labute approximate surface area is 176 Å². The highest BCUT2D eigenvalue weighted by Gasteiger charge is 2.23. The van der Waals surface area contributed by atoms with Gasteiger partial charge in [0.2, 0.25) is 17.5 Å². The van der Waals surface area contributed by atoms with Crippen LogP contribution in [0.3, 0.4) is 0 Å². The minimum atomic E-state index is 0.325. The van der Waals surface area contributed by atoms with Crippen molar-refractivity contribution in [3.63, 3.8) is 0 Å². The van der Waals surface area contributed by atoms with E-state index in [0.29, 0.717) is 17.5 Å². The van der Waals surface area contributed by atoms with Gasteiger partial charge < -0.3 is 14.1 Å². The fraction of sp³-hybridized carbons (Fsp3) is 0.250. The number of nitriles is 1. The minimum absolute atomic E-state index is 0.325. The number of nitrogens with zero attached hydrogens (tertiary/aromatic N) is 4. The molecule has 2 heterocycles. The smallest absolute Gasteiger partial charge is 0.235 e. The van der Waals surface area contributed by atoms with E-state index < -0.39 is 0 Å². The van der Waals surface area contributed by atoms with E-state index in [4.69, 9.17) is 9.15 Å². The second-order valence-electron chi connectivity index (χ2n) is 7.14. The van der Waals surface area contributed by atoms with Gasteiger partial charge in [0.25, 0.3) is 0 Å². The summed E-state index contributed by atoms with van der Waals surface area (Å²) in [6, 6.07) is 20.4. The van der Waals surface area contributed by atoms with E-state index in [2.05, 4.69) is 45.1 Å². The van der Waals surface area contributed by atoms with Gasteiger partial charge in [0.15, 0.2) is 0 Å². The lowest BCUT2D eigenvalue weighted by molar-refractivity contribution is 0.246. The molecule has 2 aromatic carbocycles. The molecule has 1 aliphatic rings. The highest BCUT2D eigenvalue weighted by atomic mass is 16.5. The number of hydrogen-bond acceptors (Lipinski definition) is 6. The summed E-state index contributed by atoms with van der Waals surface area (Å²) < 4.78 is 11.3. The zero-order valence-electron chi connectivity index (χ0n) is 17.0. The molecule has 0 saturated carbocycles. The summed E-state index contributed by atoms with van der Waals surface area (Å²) >= 11 is 0. The first-order chi connectivity index (χ1) is 14.8. The van der Waals surface area contributed by atoms with Crippen LogP contribution >= 0.6 is 0 Å². The van der Waals surface area contributed by atoms with E-state index >= 15 is 0 Å². The lowest BCUT2D eigenvalue weighted by Gasteiger charge is -2.34. The third kappa shape index (κ3) is 4.53. The van der Waals surface area contributed by atoms with E-state index in [1.165, 1.54) is 5.56 Å². The van der Waals surface area contributed by atoms with Crippen molar-refractivity contribution in [1.29, 1.82) is 5.26 Å². The Morgan fingerprint density at radius 1 is 1.03 bits per heavy atom. The summed E-state index contributed by atoms with van der Waals surface area (Å²) in [5.74, 6) is 1.74. The molecule has 0 spiro atoms. The number of oxazole rings is 1. The van der Waals surface area contributed by atoms with Gasteiger partial charge in [0.1, 0.15) is 11.8 Å². The standard InChI is InChI=1S/C24H24N4O2/c1-29-22-10-6-5-9-20(22)11-12-23-26-21(17-25)24(30-23)28-15-13-27(14-16-28)18-19-7-3-2-4-8-19/h2-12H,13-16,18H2,1H3/b12-11+. The maximum absolute atomic E-state index is 9.52. The van der Waals surface area contributed by atoms with Gasteiger partial charge in [0.05, 0.1) is 7.11 Å². The Hall–Kier alpha value is -3.56. The molecule has 4 rings (SSSR count). The number of ether oxygens (including phenoxy) is 1. The Balaban J connectivity index is 1.43. The number of aromatic nitrogens is 1. The van der Waals surface area contributed by atoms with Crippen molar-refractivity contribution in [2.45, 2.75) is 6.54 Å². The predicted octanol–water partition coefficient (Wildman–Crippen LogP) is 4.05. The summed E-state index contributed by atoms with van der Waals surface area (Å²) in [5, 5.41) is 9.52. The van der Waals surface area contributed by atoms with Crippen molar-refractivity contribution in [2.75, 3.05) is 38.2 Å². The lowest BCUT2D eigenvalue weighted by atomic mass is 10.2. The third-order valence-electron chi connectivity index (χ3n) is 5.18. The second-order valence-corrected chi connectivity index (χ2v) is 7.14. The number of piperazine rings is 1. The lowest BCUT2D eigenvalue weighted by Crippen LogP contribution is -2.46. The van der Waals surface area contributed by atoms with Crippen LogP contribution in [-0.2, 0) is 6.54 Å². The topological polar surface area (TPSA) is 65.5 Å². The van der Waals surface area contributed by atoms with E-state index in [9.17, 15) is 5.26 Å². The molecule has 0 N–H and O–H groups in total. The summed E-state index contributed by atoms with van der Waals surface area (Å²) in [7, 11) is 1.64. The molecule has 0 amide bonds. The van der Waals surface area contributed by atoms with Gasteiger partial charge in [-0.2, -0.15) is 10.2 Å². The van der Waals surface area contributed by atoms with Gasteiger partial charge in [-0.15, -0.1) is 0 Å². The summed E-state index contributed by atoms with van der Waals surface area (Å²) in [4.78, 5) is 8.87. The normalized spacial score (nSPS) is 14.7. The van der Waals surface area contributed by atoms with Crippen LogP contribution in [0.2, 0.25) is 0 Å².